The largest absolute Gasteiger partial charge is 0.449 e. The maximum atomic E-state index is 13.5. The molecule has 0 fully saturated rings. The second kappa shape index (κ2) is 11.7. The van der Waals surface area contributed by atoms with Crippen molar-refractivity contribution in [3.8, 4) is 11.1 Å². The van der Waals surface area contributed by atoms with Crippen LogP contribution in [0.15, 0.2) is 91.0 Å². The maximum absolute atomic E-state index is 13.5. The van der Waals surface area contributed by atoms with Gasteiger partial charge < -0.3 is 15.0 Å². The van der Waals surface area contributed by atoms with Gasteiger partial charge in [-0.15, -0.1) is 0 Å². The second-order valence-electron chi connectivity index (χ2n) is 10.4. The molecule has 0 radical (unpaired) electrons. The number of ether oxygens (including phenoxy) is 1. The number of carbonyl (C=O) groups excluding carboxylic acids is 2. The van der Waals surface area contributed by atoms with E-state index in [1.165, 1.54) is 22.3 Å². The molecule has 3 atom stereocenters. The van der Waals surface area contributed by atoms with E-state index in [1.807, 2.05) is 47.4 Å². The van der Waals surface area contributed by atoms with Gasteiger partial charge in [-0.05, 0) is 40.2 Å². The fourth-order valence-electron chi connectivity index (χ4n) is 5.69. The maximum Gasteiger partial charge on any atom is 0.407 e. The van der Waals surface area contributed by atoms with Crippen LogP contribution in [-0.2, 0) is 16.1 Å². The molecule has 1 heterocycles. The van der Waals surface area contributed by atoms with Gasteiger partial charge in [0.1, 0.15) is 6.61 Å². The molecule has 2 aliphatic rings. The highest BCUT2D eigenvalue weighted by atomic mass is 16.5. The Balaban J connectivity index is 1.25. The summed E-state index contributed by atoms with van der Waals surface area (Å²) < 4.78 is 5.75. The van der Waals surface area contributed by atoms with Crippen LogP contribution in [0.2, 0.25) is 0 Å². The summed E-state index contributed by atoms with van der Waals surface area (Å²) in [7, 11) is 0. The van der Waals surface area contributed by atoms with Gasteiger partial charge in [0, 0.05) is 24.9 Å². The number of benzene rings is 3. The zero-order chi connectivity index (χ0) is 26.5. The lowest BCUT2D eigenvalue weighted by Crippen LogP contribution is -2.47. The molecule has 1 aliphatic carbocycles. The molecule has 5 rings (SSSR count). The molecule has 0 spiro atoms. The number of amides is 2. The van der Waals surface area contributed by atoms with Crippen LogP contribution in [0.25, 0.3) is 11.1 Å². The lowest BCUT2D eigenvalue weighted by atomic mass is 9.93. The van der Waals surface area contributed by atoms with Gasteiger partial charge in [-0.3, -0.25) is 4.79 Å². The van der Waals surface area contributed by atoms with E-state index >= 15 is 0 Å². The van der Waals surface area contributed by atoms with Crippen LogP contribution in [0.3, 0.4) is 0 Å². The van der Waals surface area contributed by atoms with Crippen LogP contribution in [0.4, 0.5) is 4.79 Å². The number of fused-ring (bicyclic) bond motifs is 3. The highest BCUT2D eigenvalue weighted by molar-refractivity contribution is 5.80. The molecule has 0 saturated heterocycles. The second-order valence-corrected chi connectivity index (χ2v) is 10.4. The third kappa shape index (κ3) is 5.52. The summed E-state index contributed by atoms with van der Waals surface area (Å²) in [4.78, 5) is 28.4. The highest BCUT2D eigenvalue weighted by Crippen LogP contribution is 2.44. The van der Waals surface area contributed by atoms with Gasteiger partial charge in [-0.1, -0.05) is 111 Å². The predicted molar refractivity (Wildman–Crippen MR) is 151 cm³/mol. The summed E-state index contributed by atoms with van der Waals surface area (Å²) in [6.07, 6.45) is 5.59. The first kappa shape index (κ1) is 25.8. The van der Waals surface area contributed by atoms with E-state index in [0.717, 1.165) is 12.0 Å². The van der Waals surface area contributed by atoms with Crippen LogP contribution < -0.4 is 5.32 Å². The predicted octanol–water partition coefficient (Wildman–Crippen LogP) is 6.69. The van der Waals surface area contributed by atoms with Gasteiger partial charge in [-0.2, -0.15) is 0 Å². The van der Waals surface area contributed by atoms with Gasteiger partial charge in [0.05, 0.1) is 6.04 Å². The zero-order valence-corrected chi connectivity index (χ0v) is 22.2. The number of hydrogen-bond acceptors (Lipinski definition) is 3. The zero-order valence-electron chi connectivity index (χ0n) is 22.2. The van der Waals surface area contributed by atoms with Crippen molar-refractivity contribution in [3.05, 3.63) is 108 Å². The van der Waals surface area contributed by atoms with E-state index in [9.17, 15) is 9.59 Å². The van der Waals surface area contributed by atoms with Crippen molar-refractivity contribution in [3.63, 3.8) is 0 Å². The lowest BCUT2D eigenvalue weighted by Gasteiger charge is -2.36. The number of nitrogens with zero attached hydrogens (tertiary/aromatic N) is 1. The molecule has 0 bridgehead atoms. The van der Waals surface area contributed by atoms with Crippen LogP contribution >= 0.6 is 0 Å². The fourth-order valence-corrected chi connectivity index (χ4v) is 5.69. The molecule has 5 nitrogen and oxygen atoms in total. The summed E-state index contributed by atoms with van der Waals surface area (Å²) in [5.74, 6) is 0.391. The van der Waals surface area contributed by atoms with Crippen molar-refractivity contribution in [2.24, 2.45) is 5.92 Å². The van der Waals surface area contributed by atoms with Gasteiger partial charge in [-0.25, -0.2) is 4.79 Å². The minimum absolute atomic E-state index is 0.00432. The molecule has 0 aromatic heterocycles. The molecule has 2 amide bonds. The summed E-state index contributed by atoms with van der Waals surface area (Å²) in [6.45, 7) is 5.15. The van der Waals surface area contributed by atoms with E-state index in [-0.39, 0.29) is 36.9 Å². The van der Waals surface area contributed by atoms with E-state index < -0.39 is 6.09 Å². The molecule has 196 valence electrons. The van der Waals surface area contributed by atoms with Gasteiger partial charge in [0.2, 0.25) is 5.91 Å². The van der Waals surface area contributed by atoms with Gasteiger partial charge in [0.25, 0.3) is 0 Å². The van der Waals surface area contributed by atoms with E-state index in [2.05, 4.69) is 67.7 Å². The Morgan fingerprint density at radius 2 is 1.61 bits per heavy atom. The van der Waals surface area contributed by atoms with E-state index in [0.29, 0.717) is 18.9 Å². The number of carbonyl (C=O) groups is 2. The quantitative estimate of drug-likeness (QED) is 0.362. The van der Waals surface area contributed by atoms with Crippen LogP contribution in [0, 0.1) is 5.92 Å². The summed E-state index contributed by atoms with van der Waals surface area (Å²) in [5, 5.41) is 2.97. The Morgan fingerprint density at radius 1 is 0.974 bits per heavy atom. The van der Waals surface area contributed by atoms with Crippen molar-refractivity contribution < 1.29 is 14.3 Å². The number of nitrogens with one attached hydrogen (secondary N) is 1. The SMILES string of the molecule is CC[C@H](C)[C@H]1/C=C\C[C@H](NC(=O)OCC2c3ccccc3-c3ccccc32)CC(=O)N1Cc1ccccc1. The third-order valence-electron chi connectivity index (χ3n) is 7.94. The summed E-state index contributed by atoms with van der Waals surface area (Å²) in [6, 6.07) is 26.4. The Bertz CT molecular complexity index is 1260. The van der Waals surface area contributed by atoms with Crippen molar-refractivity contribution >= 4 is 12.0 Å². The average molecular weight is 509 g/mol. The Morgan fingerprint density at radius 3 is 2.26 bits per heavy atom. The average Bonchev–Trinajstić information content (AvgIpc) is 3.26. The summed E-state index contributed by atoms with van der Waals surface area (Å²) >= 11 is 0. The standard InChI is InChI=1S/C33H36N2O3/c1-3-23(2)31-19-11-14-25(20-32(36)35(31)21-24-12-5-4-6-13-24)34-33(37)38-22-30-28-17-9-7-15-26(28)27-16-8-10-18-29(27)30/h4-13,15-19,23,25,30-31H,3,14,20-22H2,1-2H3,(H,34,37)/b19-11-/t23-,25-,31+/m0/s1. The third-order valence-corrected chi connectivity index (χ3v) is 7.94. The van der Waals surface area contributed by atoms with Crippen molar-refractivity contribution in [2.45, 2.75) is 57.7 Å². The number of rotatable bonds is 7. The van der Waals surface area contributed by atoms with Crippen molar-refractivity contribution in [1.29, 1.82) is 0 Å². The minimum atomic E-state index is -0.480. The molecular formula is C33H36N2O3. The molecule has 38 heavy (non-hydrogen) atoms. The Kier molecular flexibility index (Phi) is 7.92. The molecule has 0 unspecified atom stereocenters. The monoisotopic (exact) mass is 508 g/mol. The van der Waals surface area contributed by atoms with Gasteiger partial charge in [0.15, 0.2) is 0 Å². The first-order valence-electron chi connectivity index (χ1n) is 13.7. The molecule has 3 aromatic carbocycles. The van der Waals surface area contributed by atoms with Crippen LogP contribution in [0.5, 0.6) is 0 Å². The minimum Gasteiger partial charge on any atom is -0.449 e. The number of hydrogen-bond donors (Lipinski definition) is 1. The molecule has 3 aromatic rings. The molecule has 1 N–H and O–H groups in total. The van der Waals surface area contributed by atoms with Crippen LogP contribution in [0.1, 0.15) is 55.7 Å². The van der Waals surface area contributed by atoms with E-state index in [1.54, 1.807) is 0 Å². The van der Waals surface area contributed by atoms with Crippen molar-refractivity contribution in [2.75, 3.05) is 6.61 Å². The smallest absolute Gasteiger partial charge is 0.407 e. The number of alkyl carbamates (subject to hydrolysis) is 1. The fraction of sp³-hybridized carbons (Fsp3) is 0.333. The molecule has 5 heteroatoms. The van der Waals surface area contributed by atoms with Crippen molar-refractivity contribution in [1.82, 2.24) is 10.2 Å². The lowest BCUT2D eigenvalue weighted by molar-refractivity contribution is -0.135. The molecule has 0 saturated carbocycles. The molecule has 1 aliphatic heterocycles. The van der Waals surface area contributed by atoms with Crippen LogP contribution in [-0.4, -0.2) is 35.6 Å². The first-order chi connectivity index (χ1) is 18.5. The molecular weight excluding hydrogens is 472 g/mol. The summed E-state index contributed by atoms with van der Waals surface area (Å²) in [5.41, 5.74) is 5.85. The van der Waals surface area contributed by atoms with E-state index in [4.69, 9.17) is 4.74 Å². The Hall–Kier alpha value is -3.86. The Labute approximate surface area is 225 Å². The highest BCUT2D eigenvalue weighted by Gasteiger charge is 2.31. The topological polar surface area (TPSA) is 58.6 Å². The normalized spacial score (nSPS) is 20.6. The van der Waals surface area contributed by atoms with Gasteiger partial charge >= 0.3 is 6.09 Å². The first-order valence-corrected chi connectivity index (χ1v) is 13.7.